The summed E-state index contributed by atoms with van der Waals surface area (Å²) in [6, 6.07) is 11.5. The van der Waals surface area contributed by atoms with Crippen LogP contribution >= 0.6 is 12.2 Å². The molecule has 2 rings (SSSR count). The summed E-state index contributed by atoms with van der Waals surface area (Å²) < 4.78 is 11.1. The summed E-state index contributed by atoms with van der Waals surface area (Å²) in [5, 5.41) is 18.1. The minimum Gasteiger partial charge on any atom is -0.493 e. The molecule has 2 aromatic carbocycles. The summed E-state index contributed by atoms with van der Waals surface area (Å²) in [7, 11) is 1.55. The number of hydrazone groups is 1. The van der Waals surface area contributed by atoms with Crippen molar-refractivity contribution in [3.63, 3.8) is 0 Å². The average Bonchev–Trinajstić information content (AvgIpc) is 2.71. The molecule has 0 unspecified atom stereocenters. The molecule has 0 radical (unpaired) electrons. The molecule has 0 aromatic heterocycles. The minimum atomic E-state index is -0.441. The van der Waals surface area contributed by atoms with Gasteiger partial charge in [0.25, 0.3) is 5.69 Å². The van der Waals surface area contributed by atoms with Crippen LogP contribution in [0.1, 0.15) is 11.1 Å². The third-order valence-corrected chi connectivity index (χ3v) is 3.75. The van der Waals surface area contributed by atoms with Crippen LogP contribution in [0.3, 0.4) is 0 Å². The fourth-order valence-electron chi connectivity index (χ4n) is 2.13. The Morgan fingerprint density at radius 2 is 2.04 bits per heavy atom. The summed E-state index contributed by atoms with van der Waals surface area (Å²) in [6.45, 7) is 4.38. The van der Waals surface area contributed by atoms with Crippen LogP contribution < -0.4 is 20.2 Å². The summed E-state index contributed by atoms with van der Waals surface area (Å²) >= 11 is 5.05. The van der Waals surface area contributed by atoms with Crippen LogP contribution in [0.5, 0.6) is 11.5 Å². The summed E-state index contributed by atoms with van der Waals surface area (Å²) in [5.74, 6) is 1.09. The number of hydrogen-bond acceptors (Lipinski definition) is 6. The van der Waals surface area contributed by atoms with Crippen LogP contribution in [0.4, 0.5) is 5.69 Å². The van der Waals surface area contributed by atoms with Gasteiger partial charge in [-0.1, -0.05) is 6.08 Å². The normalized spacial score (nSPS) is 10.3. The maximum atomic E-state index is 10.7. The largest absolute Gasteiger partial charge is 0.493 e. The van der Waals surface area contributed by atoms with Gasteiger partial charge in [0, 0.05) is 18.7 Å². The van der Waals surface area contributed by atoms with E-state index in [-0.39, 0.29) is 12.3 Å². The molecule has 0 aliphatic rings. The molecule has 0 saturated heterocycles. The number of hydrogen-bond donors (Lipinski definition) is 2. The molecule has 0 aliphatic heterocycles. The molecule has 0 fully saturated rings. The number of rotatable bonds is 9. The second-order valence-corrected chi connectivity index (χ2v) is 5.90. The van der Waals surface area contributed by atoms with Gasteiger partial charge in [0.15, 0.2) is 16.6 Å². The van der Waals surface area contributed by atoms with Crippen LogP contribution in [0.2, 0.25) is 0 Å². The van der Waals surface area contributed by atoms with Gasteiger partial charge in [-0.05, 0) is 53.7 Å². The minimum absolute atomic E-state index is 0.0348. The van der Waals surface area contributed by atoms with E-state index in [1.165, 1.54) is 12.1 Å². The molecule has 0 saturated carbocycles. The van der Waals surface area contributed by atoms with Crippen molar-refractivity contribution in [1.29, 1.82) is 0 Å². The van der Waals surface area contributed by atoms with Crippen molar-refractivity contribution in [2.75, 3.05) is 13.7 Å². The highest BCUT2D eigenvalue weighted by Gasteiger charge is 2.08. The molecule has 28 heavy (non-hydrogen) atoms. The van der Waals surface area contributed by atoms with E-state index in [4.69, 9.17) is 21.7 Å². The second-order valence-electron chi connectivity index (χ2n) is 5.49. The molecule has 0 aliphatic carbocycles. The van der Waals surface area contributed by atoms with Crippen LogP contribution in [-0.4, -0.2) is 29.9 Å². The molecule has 2 N–H and O–H groups in total. The molecule has 0 atom stereocenters. The molecule has 0 spiro atoms. The van der Waals surface area contributed by atoms with Gasteiger partial charge in [-0.25, -0.2) is 0 Å². The topological polar surface area (TPSA) is 98.0 Å². The Labute approximate surface area is 168 Å². The van der Waals surface area contributed by atoms with Crippen molar-refractivity contribution in [2.45, 2.75) is 6.61 Å². The zero-order valence-corrected chi connectivity index (χ0v) is 16.1. The van der Waals surface area contributed by atoms with Crippen molar-refractivity contribution in [2.24, 2.45) is 5.10 Å². The molecule has 9 heteroatoms. The van der Waals surface area contributed by atoms with Crippen LogP contribution in [0.15, 0.2) is 60.2 Å². The lowest BCUT2D eigenvalue weighted by Gasteiger charge is -2.11. The Hall–Kier alpha value is -3.46. The monoisotopic (exact) mass is 400 g/mol. The average molecular weight is 400 g/mol. The Morgan fingerprint density at radius 1 is 1.29 bits per heavy atom. The highest BCUT2D eigenvalue weighted by Crippen LogP contribution is 2.28. The van der Waals surface area contributed by atoms with Crippen LogP contribution in [0.25, 0.3) is 0 Å². The smallest absolute Gasteiger partial charge is 0.269 e. The third kappa shape index (κ3) is 6.36. The van der Waals surface area contributed by atoms with Gasteiger partial charge in [0.1, 0.15) is 6.61 Å². The van der Waals surface area contributed by atoms with Crippen molar-refractivity contribution < 1.29 is 14.4 Å². The highest BCUT2D eigenvalue weighted by atomic mass is 32.1. The Kier molecular flexibility index (Phi) is 7.92. The first-order chi connectivity index (χ1) is 13.5. The standard InChI is InChI=1S/C19H20N4O4S/c1-3-10-20-19(28)22-21-12-15-6-9-17(26-2)18(11-15)27-13-14-4-7-16(8-5-14)23(24)25/h3-9,11-12H,1,10,13H2,2H3,(H2,20,22,28)/b21-12-. The van der Waals surface area contributed by atoms with Gasteiger partial charge in [0.05, 0.1) is 18.2 Å². The molecular weight excluding hydrogens is 380 g/mol. The van der Waals surface area contributed by atoms with E-state index in [1.54, 1.807) is 43.7 Å². The number of nitrogens with zero attached hydrogens (tertiary/aromatic N) is 2. The van der Waals surface area contributed by atoms with E-state index in [0.717, 1.165) is 11.1 Å². The molecule has 0 bridgehead atoms. The van der Waals surface area contributed by atoms with E-state index in [2.05, 4.69) is 22.4 Å². The van der Waals surface area contributed by atoms with E-state index in [0.29, 0.717) is 23.2 Å². The fourth-order valence-corrected chi connectivity index (χ4v) is 2.27. The summed E-state index contributed by atoms with van der Waals surface area (Å²) in [5.41, 5.74) is 4.31. The first-order valence-electron chi connectivity index (χ1n) is 8.25. The lowest BCUT2D eigenvalue weighted by atomic mass is 10.2. The van der Waals surface area contributed by atoms with Gasteiger partial charge in [-0.15, -0.1) is 6.58 Å². The first kappa shape index (κ1) is 20.8. The van der Waals surface area contributed by atoms with E-state index in [9.17, 15) is 10.1 Å². The lowest BCUT2D eigenvalue weighted by molar-refractivity contribution is -0.384. The molecule has 0 amide bonds. The Balaban J connectivity index is 2.02. The number of nitro groups is 1. The number of nitro benzene ring substituents is 1. The Bertz CT molecular complexity index is 869. The van der Waals surface area contributed by atoms with Crippen LogP contribution in [0, 0.1) is 10.1 Å². The lowest BCUT2D eigenvalue weighted by Crippen LogP contribution is -2.31. The third-order valence-electron chi connectivity index (χ3n) is 3.52. The molecule has 2 aromatic rings. The molecule has 146 valence electrons. The number of ether oxygens (including phenoxy) is 2. The van der Waals surface area contributed by atoms with Crippen molar-refractivity contribution in [3.05, 3.63) is 76.4 Å². The number of nitrogens with one attached hydrogen (secondary N) is 2. The molecule has 8 nitrogen and oxygen atoms in total. The molecule has 0 heterocycles. The van der Waals surface area contributed by atoms with Gasteiger partial charge >= 0.3 is 0 Å². The van der Waals surface area contributed by atoms with E-state index < -0.39 is 4.92 Å². The summed E-state index contributed by atoms with van der Waals surface area (Å²) in [6.07, 6.45) is 3.29. The zero-order valence-electron chi connectivity index (χ0n) is 15.3. The quantitative estimate of drug-likeness (QED) is 0.219. The number of non-ortho nitro benzene ring substituents is 1. The van der Waals surface area contributed by atoms with Gasteiger partial charge in [-0.3, -0.25) is 15.5 Å². The van der Waals surface area contributed by atoms with Crippen molar-refractivity contribution in [3.8, 4) is 11.5 Å². The van der Waals surface area contributed by atoms with Crippen LogP contribution in [-0.2, 0) is 6.61 Å². The summed E-state index contributed by atoms with van der Waals surface area (Å²) in [4.78, 5) is 10.3. The van der Waals surface area contributed by atoms with Gasteiger partial charge < -0.3 is 14.8 Å². The zero-order chi connectivity index (χ0) is 20.4. The predicted molar refractivity (Wildman–Crippen MR) is 112 cm³/mol. The van der Waals surface area contributed by atoms with Crippen molar-refractivity contribution in [1.82, 2.24) is 10.7 Å². The predicted octanol–water partition coefficient (Wildman–Crippen LogP) is 3.17. The molecular formula is C19H20N4O4S. The maximum Gasteiger partial charge on any atom is 0.269 e. The number of methoxy groups -OCH3 is 1. The van der Waals surface area contributed by atoms with E-state index >= 15 is 0 Å². The first-order valence-corrected chi connectivity index (χ1v) is 8.66. The highest BCUT2D eigenvalue weighted by molar-refractivity contribution is 7.80. The number of thiocarbonyl (C=S) groups is 1. The van der Waals surface area contributed by atoms with Crippen molar-refractivity contribution >= 4 is 29.2 Å². The van der Waals surface area contributed by atoms with E-state index in [1.807, 2.05) is 6.07 Å². The fraction of sp³-hybridized carbons (Fsp3) is 0.158. The maximum absolute atomic E-state index is 10.7. The Morgan fingerprint density at radius 3 is 2.68 bits per heavy atom. The van der Waals surface area contributed by atoms with Gasteiger partial charge in [-0.2, -0.15) is 5.10 Å². The van der Waals surface area contributed by atoms with Gasteiger partial charge in [0.2, 0.25) is 0 Å². The SMILES string of the molecule is C=CCNC(=S)N/N=C\c1ccc(OC)c(OCc2ccc([N+](=O)[O-])cc2)c1. The second kappa shape index (κ2) is 10.6. The number of benzene rings is 2.